The average molecular weight is 446 g/mol. The summed E-state index contributed by atoms with van der Waals surface area (Å²) in [5.41, 5.74) is -0.909. The quantitative estimate of drug-likeness (QED) is 0.758. The highest BCUT2D eigenvalue weighted by molar-refractivity contribution is 7.89. The lowest BCUT2D eigenvalue weighted by molar-refractivity contribution is -0.137. The van der Waals surface area contributed by atoms with Crippen LogP contribution in [0.25, 0.3) is 0 Å². The number of carbonyl (C=O) groups excluding carboxylic acids is 1. The van der Waals surface area contributed by atoms with Gasteiger partial charge in [-0.3, -0.25) is 9.69 Å². The molecule has 1 aromatic heterocycles. The van der Waals surface area contributed by atoms with Gasteiger partial charge in [0.25, 0.3) is 0 Å². The molecule has 1 fully saturated rings. The van der Waals surface area contributed by atoms with Gasteiger partial charge in [-0.2, -0.15) is 17.5 Å². The minimum absolute atomic E-state index is 0.115. The molecule has 1 amide bonds. The number of alkyl halides is 3. The van der Waals surface area contributed by atoms with Gasteiger partial charge in [-0.1, -0.05) is 5.16 Å². The lowest BCUT2D eigenvalue weighted by Gasteiger charge is -2.36. The maximum atomic E-state index is 12.7. The third-order valence-corrected chi connectivity index (χ3v) is 6.81. The molecule has 8 nitrogen and oxygen atoms in total. The monoisotopic (exact) mass is 446 g/mol. The van der Waals surface area contributed by atoms with Crippen molar-refractivity contribution in [1.82, 2.24) is 14.4 Å². The molecule has 1 aromatic carbocycles. The van der Waals surface area contributed by atoms with Crippen LogP contribution in [0.2, 0.25) is 0 Å². The third kappa shape index (κ3) is 4.82. The Morgan fingerprint density at radius 3 is 2.27 bits per heavy atom. The van der Waals surface area contributed by atoms with Crippen LogP contribution in [0.1, 0.15) is 18.2 Å². The van der Waals surface area contributed by atoms with E-state index < -0.39 is 27.8 Å². The summed E-state index contributed by atoms with van der Waals surface area (Å²) < 4.78 is 69.6. The van der Waals surface area contributed by atoms with Gasteiger partial charge >= 0.3 is 6.18 Å². The van der Waals surface area contributed by atoms with E-state index in [1.54, 1.807) is 19.9 Å². The van der Waals surface area contributed by atoms with Crippen LogP contribution in [0.4, 0.5) is 19.0 Å². The Balaban J connectivity index is 1.60. The molecule has 1 aliphatic rings. The summed E-state index contributed by atoms with van der Waals surface area (Å²) in [6.45, 7) is 4.22. The first kappa shape index (κ1) is 22.2. The van der Waals surface area contributed by atoms with Gasteiger partial charge in [0.2, 0.25) is 15.9 Å². The Labute approximate surface area is 171 Å². The largest absolute Gasteiger partial charge is 0.416 e. The molecule has 1 aliphatic heterocycles. The number of rotatable bonds is 5. The van der Waals surface area contributed by atoms with E-state index in [1.807, 2.05) is 4.90 Å². The molecule has 1 unspecified atom stereocenters. The first-order valence-corrected chi connectivity index (χ1v) is 10.6. The Kier molecular flexibility index (Phi) is 6.20. The number of anilines is 1. The molecule has 1 atom stereocenters. The standard InChI is InChI=1S/C18H21F3N4O4S/c1-12-11-16(23-29-12)22-17(26)13(2)24-7-9-25(10-8-24)30(27,28)15-5-3-14(4-6-15)18(19,20)21/h3-6,11,13H,7-10H2,1-2H3,(H,22,23,26). The summed E-state index contributed by atoms with van der Waals surface area (Å²) in [6, 6.07) is 4.47. The first-order chi connectivity index (χ1) is 14.0. The van der Waals surface area contributed by atoms with Gasteiger partial charge in [0, 0.05) is 32.2 Å². The lowest BCUT2D eigenvalue weighted by Crippen LogP contribution is -2.53. The Bertz CT molecular complexity index is 997. The van der Waals surface area contributed by atoms with Gasteiger partial charge in [-0.05, 0) is 38.1 Å². The van der Waals surface area contributed by atoms with Crippen molar-refractivity contribution >= 4 is 21.7 Å². The zero-order valence-electron chi connectivity index (χ0n) is 16.3. The molecular formula is C18H21F3N4O4S. The van der Waals surface area contributed by atoms with Gasteiger partial charge in [-0.15, -0.1) is 0 Å². The number of nitrogens with zero attached hydrogens (tertiary/aromatic N) is 3. The van der Waals surface area contributed by atoms with Crippen molar-refractivity contribution in [2.24, 2.45) is 0 Å². The number of hydrogen-bond donors (Lipinski definition) is 1. The smallest absolute Gasteiger partial charge is 0.360 e. The zero-order chi connectivity index (χ0) is 22.1. The molecule has 2 aromatic rings. The first-order valence-electron chi connectivity index (χ1n) is 9.14. The Morgan fingerprint density at radius 2 is 1.77 bits per heavy atom. The number of amides is 1. The number of carbonyl (C=O) groups is 1. The van der Waals surface area contributed by atoms with Crippen LogP contribution in [0.5, 0.6) is 0 Å². The Hall–Kier alpha value is -2.44. The summed E-state index contributed by atoms with van der Waals surface area (Å²) in [7, 11) is -3.92. The average Bonchev–Trinajstić information content (AvgIpc) is 3.11. The number of piperazine rings is 1. The lowest BCUT2D eigenvalue weighted by atomic mass is 10.2. The number of aryl methyl sites for hydroxylation is 1. The zero-order valence-corrected chi connectivity index (χ0v) is 17.1. The maximum absolute atomic E-state index is 12.7. The van der Waals surface area contributed by atoms with E-state index in [-0.39, 0.29) is 23.9 Å². The number of aromatic nitrogens is 1. The molecule has 2 heterocycles. The van der Waals surface area contributed by atoms with E-state index in [0.717, 1.165) is 24.3 Å². The van der Waals surface area contributed by atoms with E-state index in [4.69, 9.17) is 4.52 Å². The molecule has 0 radical (unpaired) electrons. The summed E-state index contributed by atoms with van der Waals surface area (Å²) in [6.07, 6.45) is -4.53. The summed E-state index contributed by atoms with van der Waals surface area (Å²) >= 11 is 0. The van der Waals surface area contributed by atoms with Crippen molar-refractivity contribution in [2.75, 3.05) is 31.5 Å². The minimum atomic E-state index is -4.53. The number of sulfonamides is 1. The molecule has 12 heteroatoms. The van der Waals surface area contributed by atoms with Crippen molar-refractivity contribution < 1.29 is 30.9 Å². The van der Waals surface area contributed by atoms with Crippen LogP contribution < -0.4 is 5.32 Å². The van der Waals surface area contributed by atoms with Crippen LogP contribution in [0.15, 0.2) is 39.8 Å². The summed E-state index contributed by atoms with van der Waals surface area (Å²) in [5, 5.41) is 6.33. The van der Waals surface area contributed by atoms with Crippen LogP contribution in [0.3, 0.4) is 0 Å². The van der Waals surface area contributed by atoms with Gasteiger partial charge < -0.3 is 9.84 Å². The van der Waals surface area contributed by atoms with Crippen LogP contribution in [-0.4, -0.2) is 60.9 Å². The highest BCUT2D eigenvalue weighted by Crippen LogP contribution is 2.30. The highest BCUT2D eigenvalue weighted by Gasteiger charge is 2.34. The number of halogens is 3. The topological polar surface area (TPSA) is 95.8 Å². The molecule has 0 spiro atoms. The minimum Gasteiger partial charge on any atom is -0.360 e. The SMILES string of the molecule is Cc1cc(NC(=O)C(C)N2CCN(S(=O)(=O)c3ccc(C(F)(F)F)cc3)CC2)no1. The Morgan fingerprint density at radius 1 is 1.17 bits per heavy atom. The second-order valence-corrected chi connectivity index (χ2v) is 8.89. The molecular weight excluding hydrogens is 425 g/mol. The molecule has 0 aliphatic carbocycles. The molecule has 1 N–H and O–H groups in total. The highest BCUT2D eigenvalue weighted by atomic mass is 32.2. The molecule has 0 saturated carbocycles. The van der Waals surface area contributed by atoms with Gasteiger partial charge in [0.15, 0.2) is 5.82 Å². The number of hydrogen-bond acceptors (Lipinski definition) is 6. The predicted octanol–water partition coefficient (Wildman–Crippen LogP) is 2.34. The van der Waals surface area contributed by atoms with Crippen molar-refractivity contribution in [1.29, 1.82) is 0 Å². The second-order valence-electron chi connectivity index (χ2n) is 6.95. The van der Waals surface area contributed by atoms with E-state index in [0.29, 0.717) is 24.7 Å². The van der Waals surface area contributed by atoms with Crippen molar-refractivity contribution in [3.63, 3.8) is 0 Å². The van der Waals surface area contributed by atoms with E-state index >= 15 is 0 Å². The van der Waals surface area contributed by atoms with Crippen molar-refractivity contribution in [3.05, 3.63) is 41.7 Å². The van der Waals surface area contributed by atoms with Gasteiger partial charge in [-0.25, -0.2) is 8.42 Å². The summed E-state index contributed by atoms with van der Waals surface area (Å²) in [5.74, 6) is 0.551. The van der Waals surface area contributed by atoms with Gasteiger partial charge in [0.05, 0.1) is 16.5 Å². The van der Waals surface area contributed by atoms with Gasteiger partial charge in [0.1, 0.15) is 5.76 Å². The third-order valence-electron chi connectivity index (χ3n) is 4.90. The molecule has 0 bridgehead atoms. The summed E-state index contributed by atoms with van der Waals surface area (Å²) in [4.78, 5) is 14.0. The molecule has 1 saturated heterocycles. The van der Waals surface area contributed by atoms with Crippen molar-refractivity contribution in [2.45, 2.75) is 31.0 Å². The van der Waals surface area contributed by atoms with E-state index in [1.165, 1.54) is 4.31 Å². The van der Waals surface area contributed by atoms with E-state index in [2.05, 4.69) is 10.5 Å². The number of benzene rings is 1. The fourth-order valence-corrected chi connectivity index (χ4v) is 4.54. The fourth-order valence-electron chi connectivity index (χ4n) is 3.12. The normalized spacial score (nSPS) is 17.6. The van der Waals surface area contributed by atoms with Crippen LogP contribution in [-0.2, 0) is 21.0 Å². The number of nitrogens with one attached hydrogen (secondary N) is 1. The van der Waals surface area contributed by atoms with E-state index in [9.17, 15) is 26.4 Å². The van der Waals surface area contributed by atoms with Crippen molar-refractivity contribution in [3.8, 4) is 0 Å². The molecule has 3 rings (SSSR count). The van der Waals surface area contributed by atoms with Crippen LogP contribution in [0, 0.1) is 6.92 Å². The predicted molar refractivity (Wildman–Crippen MR) is 101 cm³/mol. The molecule has 164 valence electrons. The maximum Gasteiger partial charge on any atom is 0.416 e. The second kappa shape index (κ2) is 8.36. The van der Waals surface area contributed by atoms with Crippen LogP contribution >= 0.6 is 0 Å². The molecule has 30 heavy (non-hydrogen) atoms. The fraction of sp³-hybridized carbons (Fsp3) is 0.444.